The molecule has 29 heavy (non-hydrogen) atoms. The van der Waals surface area contributed by atoms with E-state index in [1.54, 1.807) is 0 Å². The van der Waals surface area contributed by atoms with E-state index < -0.39 is 6.10 Å². The molecule has 3 rings (SSSR count). The van der Waals surface area contributed by atoms with E-state index in [1.807, 2.05) is 41.3 Å². The van der Waals surface area contributed by atoms with Crippen molar-refractivity contribution in [3.63, 3.8) is 0 Å². The van der Waals surface area contributed by atoms with Crippen molar-refractivity contribution in [1.29, 1.82) is 0 Å². The standard InChI is InChI=1S/C22H35N5O2/c1-2-25-12-14-26(15-13-25)18-21(28)19-29-22-7-3-6-20(16-22)17-23-8-4-10-27-11-5-9-24-27/h3,5-7,9,11,16,21,23,28H,2,4,8,10,12-15,17-19H2,1H3/t21-/m1/s1. The van der Waals surface area contributed by atoms with Crippen LogP contribution in [0, 0.1) is 0 Å². The number of likely N-dealkylation sites (N-methyl/N-ethyl adjacent to an activating group) is 1. The van der Waals surface area contributed by atoms with Crippen molar-refractivity contribution in [3.8, 4) is 5.75 Å². The topological polar surface area (TPSA) is 65.8 Å². The molecule has 0 amide bonds. The van der Waals surface area contributed by atoms with Crippen molar-refractivity contribution in [2.75, 3.05) is 52.4 Å². The Morgan fingerprint density at radius 2 is 2.00 bits per heavy atom. The summed E-state index contributed by atoms with van der Waals surface area (Å²) in [5.74, 6) is 0.815. The minimum Gasteiger partial charge on any atom is -0.491 e. The second-order valence-corrected chi connectivity index (χ2v) is 7.65. The SMILES string of the molecule is CCN1CCN(C[C@@H](O)COc2cccc(CNCCCn3cccn3)c2)CC1. The molecule has 7 nitrogen and oxygen atoms in total. The van der Waals surface area contributed by atoms with E-state index in [9.17, 15) is 5.11 Å². The second kappa shape index (κ2) is 11.9. The fourth-order valence-electron chi connectivity index (χ4n) is 3.61. The summed E-state index contributed by atoms with van der Waals surface area (Å²) in [5, 5.41) is 18.0. The molecule has 1 aromatic heterocycles. The molecule has 2 heterocycles. The van der Waals surface area contributed by atoms with Gasteiger partial charge in [-0.3, -0.25) is 9.58 Å². The summed E-state index contributed by atoms with van der Waals surface area (Å²) in [6, 6.07) is 10.0. The molecule has 0 spiro atoms. The smallest absolute Gasteiger partial charge is 0.119 e. The van der Waals surface area contributed by atoms with Crippen LogP contribution in [0.4, 0.5) is 0 Å². The third-order valence-corrected chi connectivity index (χ3v) is 5.35. The number of aliphatic hydroxyl groups excluding tert-OH is 1. The van der Waals surface area contributed by atoms with Crippen molar-refractivity contribution >= 4 is 0 Å². The highest BCUT2D eigenvalue weighted by atomic mass is 16.5. The lowest BCUT2D eigenvalue weighted by atomic mass is 10.2. The van der Waals surface area contributed by atoms with E-state index in [0.717, 1.165) is 64.5 Å². The molecule has 0 bridgehead atoms. The van der Waals surface area contributed by atoms with Crippen LogP contribution in [0.2, 0.25) is 0 Å². The molecule has 0 saturated carbocycles. The van der Waals surface area contributed by atoms with Gasteiger partial charge in [-0.15, -0.1) is 0 Å². The number of nitrogens with zero attached hydrogens (tertiary/aromatic N) is 4. The average molecular weight is 402 g/mol. The number of rotatable bonds is 12. The molecule has 1 atom stereocenters. The first-order valence-corrected chi connectivity index (χ1v) is 10.8. The zero-order chi connectivity index (χ0) is 20.3. The van der Waals surface area contributed by atoms with Crippen LogP contribution in [0.15, 0.2) is 42.7 Å². The van der Waals surface area contributed by atoms with Crippen molar-refractivity contribution in [2.45, 2.75) is 32.5 Å². The Hall–Kier alpha value is -1.93. The Morgan fingerprint density at radius 1 is 1.17 bits per heavy atom. The molecule has 160 valence electrons. The van der Waals surface area contributed by atoms with E-state index in [2.05, 4.69) is 33.2 Å². The number of piperazine rings is 1. The van der Waals surface area contributed by atoms with Gasteiger partial charge in [-0.1, -0.05) is 19.1 Å². The molecular formula is C22H35N5O2. The second-order valence-electron chi connectivity index (χ2n) is 7.65. The number of ether oxygens (including phenoxy) is 1. The predicted molar refractivity (Wildman–Crippen MR) is 115 cm³/mol. The largest absolute Gasteiger partial charge is 0.491 e. The van der Waals surface area contributed by atoms with E-state index in [1.165, 1.54) is 5.56 Å². The molecule has 1 aliphatic rings. The van der Waals surface area contributed by atoms with Crippen LogP contribution in [0.1, 0.15) is 18.9 Å². The van der Waals surface area contributed by atoms with Gasteiger partial charge < -0.3 is 20.1 Å². The minimum atomic E-state index is -0.466. The molecule has 1 saturated heterocycles. The number of benzene rings is 1. The van der Waals surface area contributed by atoms with Gasteiger partial charge >= 0.3 is 0 Å². The fourth-order valence-corrected chi connectivity index (χ4v) is 3.61. The van der Waals surface area contributed by atoms with Crippen LogP contribution >= 0.6 is 0 Å². The van der Waals surface area contributed by atoms with Gasteiger partial charge in [0.05, 0.1) is 0 Å². The van der Waals surface area contributed by atoms with Crippen LogP contribution < -0.4 is 10.1 Å². The molecule has 2 N–H and O–H groups in total. The maximum absolute atomic E-state index is 10.3. The van der Waals surface area contributed by atoms with Crippen LogP contribution in [-0.2, 0) is 13.1 Å². The number of hydrogen-bond donors (Lipinski definition) is 2. The van der Waals surface area contributed by atoms with Gasteiger partial charge in [0.2, 0.25) is 0 Å². The Kier molecular flexibility index (Phi) is 8.95. The fraction of sp³-hybridized carbons (Fsp3) is 0.591. The van der Waals surface area contributed by atoms with Crippen LogP contribution in [0.5, 0.6) is 5.75 Å². The Labute approximate surface area is 174 Å². The predicted octanol–water partition coefficient (Wildman–Crippen LogP) is 1.44. The van der Waals surface area contributed by atoms with Gasteiger partial charge in [0.15, 0.2) is 0 Å². The van der Waals surface area contributed by atoms with Crippen LogP contribution in [-0.4, -0.2) is 83.2 Å². The first-order valence-electron chi connectivity index (χ1n) is 10.8. The van der Waals surface area contributed by atoms with Crippen molar-refractivity contribution in [1.82, 2.24) is 24.9 Å². The summed E-state index contributed by atoms with van der Waals surface area (Å²) < 4.78 is 7.79. The van der Waals surface area contributed by atoms with Gasteiger partial charge in [0.25, 0.3) is 0 Å². The molecular weight excluding hydrogens is 366 g/mol. The van der Waals surface area contributed by atoms with Gasteiger partial charge in [-0.25, -0.2) is 0 Å². The lowest BCUT2D eigenvalue weighted by molar-refractivity contribution is 0.0471. The maximum atomic E-state index is 10.3. The minimum absolute atomic E-state index is 0.328. The molecule has 1 fully saturated rings. The Morgan fingerprint density at radius 3 is 2.76 bits per heavy atom. The number of hydrogen-bond acceptors (Lipinski definition) is 6. The summed E-state index contributed by atoms with van der Waals surface area (Å²) in [5.41, 5.74) is 1.19. The summed E-state index contributed by atoms with van der Waals surface area (Å²) in [7, 11) is 0. The average Bonchev–Trinajstić information content (AvgIpc) is 3.26. The summed E-state index contributed by atoms with van der Waals surface area (Å²) in [6.45, 7) is 11.2. The first-order chi connectivity index (χ1) is 14.2. The lowest BCUT2D eigenvalue weighted by Crippen LogP contribution is -2.49. The number of aryl methyl sites for hydroxylation is 1. The van der Waals surface area contributed by atoms with Gasteiger partial charge in [-0.05, 0) is 43.3 Å². The molecule has 1 aromatic carbocycles. The van der Waals surface area contributed by atoms with Gasteiger partial charge in [-0.2, -0.15) is 5.10 Å². The number of nitrogens with one attached hydrogen (secondary N) is 1. The van der Waals surface area contributed by atoms with E-state index in [-0.39, 0.29) is 0 Å². The third-order valence-electron chi connectivity index (χ3n) is 5.35. The van der Waals surface area contributed by atoms with Crippen molar-refractivity contribution < 1.29 is 9.84 Å². The van der Waals surface area contributed by atoms with E-state index in [0.29, 0.717) is 13.2 Å². The molecule has 7 heteroatoms. The number of aromatic nitrogens is 2. The van der Waals surface area contributed by atoms with E-state index >= 15 is 0 Å². The van der Waals surface area contributed by atoms with E-state index in [4.69, 9.17) is 4.74 Å². The number of aliphatic hydroxyl groups is 1. The Bertz CT molecular complexity index is 686. The normalized spacial score (nSPS) is 16.8. The molecule has 0 unspecified atom stereocenters. The monoisotopic (exact) mass is 401 g/mol. The van der Waals surface area contributed by atoms with Crippen molar-refractivity contribution in [3.05, 3.63) is 48.3 Å². The van der Waals surface area contributed by atoms with Gasteiger partial charge in [0.1, 0.15) is 18.5 Å². The third kappa shape index (κ3) is 7.78. The highest BCUT2D eigenvalue weighted by Crippen LogP contribution is 2.14. The van der Waals surface area contributed by atoms with Crippen LogP contribution in [0.3, 0.4) is 0 Å². The molecule has 2 aromatic rings. The molecule has 0 radical (unpaired) electrons. The highest BCUT2D eigenvalue weighted by molar-refractivity contribution is 5.28. The van der Waals surface area contributed by atoms with Crippen molar-refractivity contribution in [2.24, 2.45) is 0 Å². The zero-order valence-corrected chi connectivity index (χ0v) is 17.5. The maximum Gasteiger partial charge on any atom is 0.119 e. The lowest BCUT2D eigenvalue weighted by Gasteiger charge is -2.34. The highest BCUT2D eigenvalue weighted by Gasteiger charge is 2.18. The quantitative estimate of drug-likeness (QED) is 0.525. The van der Waals surface area contributed by atoms with Gasteiger partial charge in [0, 0.05) is 58.2 Å². The Balaban J connectivity index is 1.31. The summed E-state index contributed by atoms with van der Waals surface area (Å²) in [6.07, 6.45) is 4.37. The summed E-state index contributed by atoms with van der Waals surface area (Å²) >= 11 is 0. The summed E-state index contributed by atoms with van der Waals surface area (Å²) in [4.78, 5) is 4.76. The first kappa shape index (κ1) is 21.8. The zero-order valence-electron chi connectivity index (χ0n) is 17.5. The van der Waals surface area contributed by atoms with Crippen LogP contribution in [0.25, 0.3) is 0 Å². The number of β-amino-alcohol motifs (C(OH)–C–C–N with tert-alkyl or cyclic N) is 1. The molecule has 1 aliphatic heterocycles. The molecule has 0 aliphatic carbocycles.